The summed E-state index contributed by atoms with van der Waals surface area (Å²) in [6.45, 7) is 12.9. The zero-order valence-corrected chi connectivity index (χ0v) is 12.7. The molecule has 0 aliphatic carbocycles. The summed E-state index contributed by atoms with van der Waals surface area (Å²) >= 11 is 0. The summed E-state index contributed by atoms with van der Waals surface area (Å²) in [6, 6.07) is 0. The van der Waals surface area contributed by atoms with Crippen molar-refractivity contribution in [1.82, 2.24) is 0 Å². The molecule has 0 aliphatic heterocycles. The molecule has 0 saturated carbocycles. The number of ether oxygens (including phenoxy) is 1. The average molecular weight is 367 g/mol. The Hall–Kier alpha value is 0.843. The molecule has 0 aliphatic rings. The van der Waals surface area contributed by atoms with Crippen molar-refractivity contribution in [1.29, 1.82) is 0 Å². The molecular formula is C10H22BiO. The molecule has 2 heteroatoms. The van der Waals surface area contributed by atoms with Gasteiger partial charge in [0.25, 0.3) is 0 Å². The van der Waals surface area contributed by atoms with Crippen LogP contribution in [0.2, 0.25) is 0 Å². The Labute approximate surface area is 96.4 Å². The smallest absolute Gasteiger partial charge is 0.0631 e. The van der Waals surface area contributed by atoms with Gasteiger partial charge in [0, 0.05) is 26.2 Å². The molecule has 0 spiro atoms. The van der Waals surface area contributed by atoms with Crippen LogP contribution in [0.3, 0.4) is 0 Å². The van der Waals surface area contributed by atoms with Gasteiger partial charge in [0.2, 0.25) is 0 Å². The summed E-state index contributed by atoms with van der Waals surface area (Å²) in [4.78, 5) is 0. The summed E-state index contributed by atoms with van der Waals surface area (Å²) in [5.41, 5.74) is 0.0546. The van der Waals surface area contributed by atoms with E-state index in [0.717, 1.165) is 12.8 Å². The zero-order valence-electron chi connectivity index (χ0n) is 9.27. The monoisotopic (exact) mass is 367 g/mol. The topological polar surface area (TPSA) is 9.23 Å². The third kappa shape index (κ3) is 6.37. The summed E-state index contributed by atoms with van der Waals surface area (Å²) < 4.78 is 5.92. The molecule has 0 aromatic carbocycles. The van der Waals surface area contributed by atoms with Crippen LogP contribution in [0, 0.1) is 0 Å². The van der Waals surface area contributed by atoms with Gasteiger partial charge in [-0.2, -0.15) is 0 Å². The van der Waals surface area contributed by atoms with Gasteiger partial charge in [-0.1, -0.05) is 13.8 Å². The molecule has 0 rings (SSSR count). The minimum Gasteiger partial charge on any atom is -0.370 e. The molecular weight excluding hydrogens is 345 g/mol. The van der Waals surface area contributed by atoms with Crippen molar-refractivity contribution in [2.45, 2.75) is 65.6 Å². The van der Waals surface area contributed by atoms with E-state index in [0.29, 0.717) is 0 Å². The van der Waals surface area contributed by atoms with Gasteiger partial charge < -0.3 is 4.74 Å². The first-order valence-electron chi connectivity index (χ1n) is 4.53. The van der Waals surface area contributed by atoms with E-state index >= 15 is 0 Å². The van der Waals surface area contributed by atoms with Gasteiger partial charge >= 0.3 is 0 Å². The van der Waals surface area contributed by atoms with Crippen LogP contribution in [-0.4, -0.2) is 37.4 Å². The van der Waals surface area contributed by atoms with Crippen LogP contribution in [-0.2, 0) is 4.74 Å². The van der Waals surface area contributed by atoms with Crippen LogP contribution in [0.4, 0.5) is 0 Å². The fourth-order valence-electron chi connectivity index (χ4n) is 0.892. The average Bonchev–Trinajstić information content (AvgIpc) is 1.86. The van der Waals surface area contributed by atoms with E-state index < -0.39 is 0 Å². The fourth-order valence-corrected chi connectivity index (χ4v) is 0.892. The van der Waals surface area contributed by atoms with Crippen molar-refractivity contribution in [3.63, 3.8) is 0 Å². The van der Waals surface area contributed by atoms with Gasteiger partial charge in [-0.05, 0) is 40.5 Å². The van der Waals surface area contributed by atoms with Gasteiger partial charge in [-0.15, -0.1) is 0 Å². The Morgan fingerprint density at radius 2 is 1.08 bits per heavy atom. The van der Waals surface area contributed by atoms with Crippen LogP contribution in [0.25, 0.3) is 0 Å². The summed E-state index contributed by atoms with van der Waals surface area (Å²) in [6.07, 6.45) is 2.13. The molecule has 0 unspecified atom stereocenters. The third-order valence-electron chi connectivity index (χ3n) is 2.26. The van der Waals surface area contributed by atoms with Gasteiger partial charge in [0.1, 0.15) is 0 Å². The molecule has 0 saturated heterocycles. The minimum absolute atomic E-state index is 0. The van der Waals surface area contributed by atoms with Crippen LogP contribution < -0.4 is 0 Å². The first kappa shape index (κ1) is 15.3. The van der Waals surface area contributed by atoms with Crippen molar-refractivity contribution < 1.29 is 4.74 Å². The summed E-state index contributed by atoms with van der Waals surface area (Å²) in [5.74, 6) is 0. The second-order valence-corrected chi connectivity index (χ2v) is 4.33. The van der Waals surface area contributed by atoms with E-state index in [1.165, 1.54) is 0 Å². The number of rotatable bonds is 4. The van der Waals surface area contributed by atoms with E-state index in [9.17, 15) is 0 Å². The maximum atomic E-state index is 5.92. The predicted octanol–water partition coefficient (Wildman–Crippen LogP) is 3.00. The van der Waals surface area contributed by atoms with E-state index in [4.69, 9.17) is 4.74 Å². The Morgan fingerprint density at radius 1 is 0.833 bits per heavy atom. The van der Waals surface area contributed by atoms with Crippen molar-refractivity contribution in [3.8, 4) is 0 Å². The molecule has 0 bridgehead atoms. The standard InChI is InChI=1S/C10H22O.Bi/c1-7-9(3,4)11-10(5,6)8-2;/h7-8H2,1-6H3;. The molecule has 0 N–H and O–H groups in total. The molecule has 1 nitrogen and oxygen atoms in total. The predicted molar refractivity (Wildman–Crippen MR) is 55.6 cm³/mol. The van der Waals surface area contributed by atoms with E-state index in [1.807, 2.05) is 0 Å². The van der Waals surface area contributed by atoms with Crippen molar-refractivity contribution in [3.05, 3.63) is 0 Å². The molecule has 3 radical (unpaired) electrons. The summed E-state index contributed by atoms with van der Waals surface area (Å²) in [7, 11) is 0. The second-order valence-electron chi connectivity index (χ2n) is 4.33. The minimum atomic E-state index is 0. The molecule has 0 heterocycles. The van der Waals surface area contributed by atoms with Gasteiger partial charge in [0.15, 0.2) is 0 Å². The molecule has 0 fully saturated rings. The largest absolute Gasteiger partial charge is 0.370 e. The fraction of sp³-hybridized carbons (Fsp3) is 1.00. The SMILES string of the molecule is CCC(C)(C)OC(C)(C)CC.[Bi]. The second kappa shape index (κ2) is 5.55. The number of hydrogen-bond acceptors (Lipinski definition) is 1. The zero-order chi connectivity index (χ0) is 9.12. The van der Waals surface area contributed by atoms with Gasteiger partial charge in [-0.25, -0.2) is 0 Å². The number of hydrogen-bond donors (Lipinski definition) is 0. The molecule has 0 atom stereocenters. The maximum absolute atomic E-state index is 5.92. The van der Waals surface area contributed by atoms with Crippen molar-refractivity contribution in [2.75, 3.05) is 0 Å². The first-order valence-corrected chi connectivity index (χ1v) is 4.53. The quantitative estimate of drug-likeness (QED) is 0.695. The van der Waals surface area contributed by atoms with E-state index in [1.54, 1.807) is 0 Å². The van der Waals surface area contributed by atoms with Crippen molar-refractivity contribution in [2.24, 2.45) is 0 Å². The van der Waals surface area contributed by atoms with E-state index in [2.05, 4.69) is 41.5 Å². The normalized spacial score (nSPS) is 12.5. The molecule has 12 heavy (non-hydrogen) atoms. The Balaban J connectivity index is 0. The van der Waals surface area contributed by atoms with Crippen LogP contribution >= 0.6 is 0 Å². The molecule has 73 valence electrons. The molecule has 0 amide bonds. The van der Waals surface area contributed by atoms with Crippen molar-refractivity contribution >= 4 is 26.2 Å². The van der Waals surface area contributed by atoms with Crippen LogP contribution in [0.1, 0.15) is 54.4 Å². The molecule has 0 aromatic rings. The Kier molecular flexibility index (Phi) is 7.08. The maximum Gasteiger partial charge on any atom is 0.0631 e. The van der Waals surface area contributed by atoms with Crippen LogP contribution in [0.15, 0.2) is 0 Å². The Bertz CT molecular complexity index is 105. The Morgan fingerprint density at radius 3 is 1.25 bits per heavy atom. The van der Waals surface area contributed by atoms with Gasteiger partial charge in [-0.3, -0.25) is 0 Å². The van der Waals surface area contributed by atoms with Gasteiger partial charge in [0.05, 0.1) is 11.2 Å². The summed E-state index contributed by atoms with van der Waals surface area (Å²) in [5, 5.41) is 0. The third-order valence-corrected chi connectivity index (χ3v) is 2.26. The van der Waals surface area contributed by atoms with Crippen LogP contribution in [0.5, 0.6) is 0 Å². The first-order chi connectivity index (χ1) is 4.83. The molecule has 0 aromatic heterocycles. The van der Waals surface area contributed by atoms with E-state index in [-0.39, 0.29) is 37.4 Å².